The topological polar surface area (TPSA) is 117 Å². The summed E-state index contributed by atoms with van der Waals surface area (Å²) in [5.74, 6) is -0.254. The molecule has 3 amide bonds. The number of rotatable bonds is 4. The summed E-state index contributed by atoms with van der Waals surface area (Å²) in [6, 6.07) is 4.25. The minimum Gasteiger partial charge on any atom is -0.490 e. The molecule has 3 N–H and O–H groups in total. The lowest BCUT2D eigenvalue weighted by Crippen LogP contribution is -2.37. The van der Waals surface area contributed by atoms with Gasteiger partial charge in [0.15, 0.2) is 18.1 Å². The molecular formula is C15H16N2O6. The van der Waals surface area contributed by atoms with Gasteiger partial charge in [0.05, 0.1) is 13.2 Å². The number of hydrogen-bond donors (Lipinski definition) is 2. The monoisotopic (exact) mass is 320 g/mol. The quantitative estimate of drug-likeness (QED) is 0.620. The Balaban J connectivity index is 1.89. The van der Waals surface area contributed by atoms with E-state index < -0.39 is 24.5 Å². The molecule has 0 atom stereocenters. The minimum absolute atomic E-state index is 0.567. The molecule has 1 aliphatic heterocycles. The van der Waals surface area contributed by atoms with Crippen molar-refractivity contribution < 1.29 is 28.6 Å². The summed E-state index contributed by atoms with van der Waals surface area (Å²) in [6.45, 7) is 0.576. The maximum Gasteiger partial charge on any atom is 0.331 e. The second-order valence-corrected chi connectivity index (χ2v) is 4.61. The number of fused-ring (bicyclic) bond motifs is 1. The minimum atomic E-state index is -1.01. The van der Waals surface area contributed by atoms with Gasteiger partial charge in [-0.05, 0) is 23.8 Å². The van der Waals surface area contributed by atoms with E-state index in [1.807, 2.05) is 0 Å². The lowest BCUT2D eigenvalue weighted by atomic mass is 10.2. The normalized spacial score (nSPS) is 13.2. The smallest absolute Gasteiger partial charge is 0.331 e. The highest BCUT2D eigenvalue weighted by molar-refractivity contribution is 5.95. The van der Waals surface area contributed by atoms with Crippen LogP contribution >= 0.6 is 0 Å². The van der Waals surface area contributed by atoms with Crippen LogP contribution in [-0.4, -0.2) is 37.7 Å². The Morgan fingerprint density at radius 2 is 1.96 bits per heavy atom. The molecule has 0 saturated carbocycles. The van der Waals surface area contributed by atoms with Gasteiger partial charge < -0.3 is 19.9 Å². The number of imide groups is 1. The van der Waals surface area contributed by atoms with Gasteiger partial charge in [-0.3, -0.25) is 10.1 Å². The average molecular weight is 320 g/mol. The first-order chi connectivity index (χ1) is 11.0. The molecule has 0 bridgehead atoms. The Kier molecular flexibility index (Phi) is 5.56. The van der Waals surface area contributed by atoms with Crippen molar-refractivity contribution in [2.75, 3.05) is 19.8 Å². The molecule has 0 aliphatic carbocycles. The van der Waals surface area contributed by atoms with Crippen LogP contribution in [0.1, 0.15) is 12.0 Å². The highest BCUT2D eigenvalue weighted by Gasteiger charge is 2.10. The number of benzene rings is 1. The summed E-state index contributed by atoms with van der Waals surface area (Å²) in [6.07, 6.45) is 3.49. The summed E-state index contributed by atoms with van der Waals surface area (Å²) in [5, 5.41) is 1.78. The first-order valence-corrected chi connectivity index (χ1v) is 6.88. The van der Waals surface area contributed by atoms with E-state index in [4.69, 9.17) is 15.2 Å². The van der Waals surface area contributed by atoms with Crippen LogP contribution in [0, 0.1) is 0 Å². The molecule has 0 fully saturated rings. The van der Waals surface area contributed by atoms with Gasteiger partial charge in [0.1, 0.15) is 0 Å². The molecule has 0 unspecified atom stereocenters. The third-order valence-corrected chi connectivity index (χ3v) is 2.79. The van der Waals surface area contributed by atoms with E-state index in [-0.39, 0.29) is 0 Å². The number of urea groups is 1. The number of nitrogens with one attached hydrogen (secondary N) is 1. The zero-order valence-electron chi connectivity index (χ0n) is 12.2. The number of primary amides is 1. The van der Waals surface area contributed by atoms with Crippen LogP contribution in [0.3, 0.4) is 0 Å². The van der Waals surface area contributed by atoms with Crippen molar-refractivity contribution in [3.05, 3.63) is 29.8 Å². The molecule has 1 aromatic carbocycles. The maximum atomic E-state index is 11.5. The Morgan fingerprint density at radius 1 is 1.22 bits per heavy atom. The summed E-state index contributed by atoms with van der Waals surface area (Å²) >= 11 is 0. The zero-order valence-corrected chi connectivity index (χ0v) is 12.2. The van der Waals surface area contributed by atoms with Crippen LogP contribution in [0.5, 0.6) is 11.5 Å². The van der Waals surface area contributed by atoms with Crippen LogP contribution in [0.4, 0.5) is 4.79 Å². The number of ether oxygens (including phenoxy) is 3. The number of nitrogens with two attached hydrogens (primary N) is 1. The number of esters is 1. The third kappa shape index (κ3) is 5.34. The molecule has 0 aromatic heterocycles. The highest BCUT2D eigenvalue weighted by Crippen LogP contribution is 2.30. The number of carbonyl (C=O) groups is 3. The Morgan fingerprint density at radius 3 is 2.70 bits per heavy atom. The fraction of sp³-hybridized carbons (Fsp3) is 0.267. The number of carbonyl (C=O) groups excluding carboxylic acids is 3. The molecule has 122 valence electrons. The van der Waals surface area contributed by atoms with Gasteiger partial charge in [-0.15, -0.1) is 0 Å². The summed E-state index contributed by atoms with van der Waals surface area (Å²) < 4.78 is 15.7. The third-order valence-electron chi connectivity index (χ3n) is 2.79. The van der Waals surface area contributed by atoms with E-state index in [1.54, 1.807) is 23.5 Å². The predicted octanol–water partition coefficient (Wildman–Crippen LogP) is 0.599. The lowest BCUT2D eigenvalue weighted by Gasteiger charge is -2.07. The summed E-state index contributed by atoms with van der Waals surface area (Å²) in [5.41, 5.74) is 5.47. The molecule has 1 aliphatic rings. The van der Waals surface area contributed by atoms with Gasteiger partial charge in [-0.2, -0.15) is 0 Å². The van der Waals surface area contributed by atoms with Gasteiger partial charge in [0.25, 0.3) is 5.91 Å². The summed E-state index contributed by atoms with van der Waals surface area (Å²) in [4.78, 5) is 33.0. The SMILES string of the molecule is NC(=O)NC(=O)COC(=O)/C=C/c1ccc2c(c1)OCCCO2. The number of amides is 3. The van der Waals surface area contributed by atoms with Crippen LogP contribution in [-0.2, 0) is 14.3 Å². The molecule has 2 rings (SSSR count). The van der Waals surface area contributed by atoms with Gasteiger partial charge in [-0.25, -0.2) is 9.59 Å². The first-order valence-electron chi connectivity index (χ1n) is 6.88. The molecule has 0 radical (unpaired) electrons. The lowest BCUT2D eigenvalue weighted by molar-refractivity contribution is -0.143. The first kappa shape index (κ1) is 16.3. The van der Waals surface area contributed by atoms with E-state index >= 15 is 0 Å². The summed E-state index contributed by atoms with van der Waals surface area (Å²) in [7, 11) is 0. The van der Waals surface area contributed by atoms with Crippen molar-refractivity contribution in [1.29, 1.82) is 0 Å². The molecule has 23 heavy (non-hydrogen) atoms. The zero-order chi connectivity index (χ0) is 16.7. The predicted molar refractivity (Wildman–Crippen MR) is 79.8 cm³/mol. The van der Waals surface area contributed by atoms with E-state index in [0.29, 0.717) is 30.3 Å². The van der Waals surface area contributed by atoms with Gasteiger partial charge >= 0.3 is 12.0 Å². The van der Waals surface area contributed by atoms with Crippen LogP contribution in [0.25, 0.3) is 6.08 Å². The maximum absolute atomic E-state index is 11.5. The molecular weight excluding hydrogens is 304 g/mol. The van der Waals surface area contributed by atoms with Crippen molar-refractivity contribution in [3.8, 4) is 11.5 Å². The molecule has 1 heterocycles. The Bertz CT molecular complexity index is 641. The fourth-order valence-electron chi connectivity index (χ4n) is 1.81. The van der Waals surface area contributed by atoms with Crippen molar-refractivity contribution >= 4 is 24.0 Å². The standard InChI is InChI=1S/C15H16N2O6/c16-15(20)17-13(18)9-23-14(19)5-3-10-2-4-11-12(8-10)22-7-1-6-21-11/h2-5,8H,1,6-7,9H2,(H3,16,17,18,20)/b5-3+. The van der Waals surface area contributed by atoms with Gasteiger partial charge in [0.2, 0.25) is 0 Å². The van der Waals surface area contributed by atoms with Crippen LogP contribution in [0.2, 0.25) is 0 Å². The van der Waals surface area contributed by atoms with Crippen molar-refractivity contribution in [2.45, 2.75) is 6.42 Å². The van der Waals surface area contributed by atoms with Crippen molar-refractivity contribution in [2.24, 2.45) is 5.73 Å². The van der Waals surface area contributed by atoms with E-state index in [1.165, 1.54) is 6.08 Å². The van der Waals surface area contributed by atoms with Crippen LogP contribution < -0.4 is 20.5 Å². The van der Waals surface area contributed by atoms with Gasteiger partial charge in [-0.1, -0.05) is 6.07 Å². The van der Waals surface area contributed by atoms with E-state index in [9.17, 15) is 14.4 Å². The average Bonchev–Trinajstić information content (AvgIpc) is 2.75. The van der Waals surface area contributed by atoms with Crippen molar-refractivity contribution in [1.82, 2.24) is 5.32 Å². The van der Waals surface area contributed by atoms with E-state index in [0.717, 1.165) is 12.5 Å². The second-order valence-electron chi connectivity index (χ2n) is 4.61. The molecule has 8 heteroatoms. The van der Waals surface area contributed by atoms with E-state index in [2.05, 4.69) is 4.74 Å². The highest BCUT2D eigenvalue weighted by atomic mass is 16.5. The molecule has 8 nitrogen and oxygen atoms in total. The molecule has 0 saturated heterocycles. The Labute approximate surface area is 132 Å². The number of hydrogen-bond acceptors (Lipinski definition) is 6. The molecule has 1 aromatic rings. The van der Waals surface area contributed by atoms with Gasteiger partial charge in [0, 0.05) is 12.5 Å². The second kappa shape index (κ2) is 7.83. The Hall–Kier alpha value is -3.03. The fourth-order valence-corrected chi connectivity index (χ4v) is 1.81. The van der Waals surface area contributed by atoms with Crippen LogP contribution in [0.15, 0.2) is 24.3 Å². The van der Waals surface area contributed by atoms with Crippen molar-refractivity contribution in [3.63, 3.8) is 0 Å². The molecule has 0 spiro atoms. The largest absolute Gasteiger partial charge is 0.490 e.